The molecule has 3 aromatic rings. The molecule has 0 fully saturated rings. The maximum atomic E-state index is 13.0. The number of hydrogen-bond donors (Lipinski definition) is 2. The van der Waals surface area contributed by atoms with E-state index in [1.807, 2.05) is 13.8 Å². The van der Waals surface area contributed by atoms with E-state index in [1.54, 1.807) is 30.5 Å². The van der Waals surface area contributed by atoms with Crippen LogP contribution in [0.3, 0.4) is 0 Å². The van der Waals surface area contributed by atoms with Gasteiger partial charge in [-0.15, -0.1) is 0 Å². The Bertz CT molecular complexity index is 1190. The molecule has 6 nitrogen and oxygen atoms in total. The molecule has 0 aliphatic rings. The highest BCUT2D eigenvalue weighted by molar-refractivity contribution is 9.10. The van der Waals surface area contributed by atoms with Crippen molar-refractivity contribution in [3.63, 3.8) is 0 Å². The van der Waals surface area contributed by atoms with Gasteiger partial charge in [-0.25, -0.2) is 4.98 Å². The highest BCUT2D eigenvalue weighted by Gasteiger charge is 2.20. The Labute approximate surface area is 208 Å². The number of pyridine rings is 2. The molecule has 2 amide bonds. The van der Waals surface area contributed by atoms with Gasteiger partial charge < -0.3 is 10.6 Å². The number of rotatable bonds is 6. The Morgan fingerprint density at radius 1 is 1.06 bits per heavy atom. The van der Waals surface area contributed by atoms with Crippen LogP contribution in [0.25, 0.3) is 0 Å². The topological polar surface area (TPSA) is 84.0 Å². The lowest BCUT2D eigenvalue weighted by molar-refractivity contribution is 0.0944. The second-order valence-corrected chi connectivity index (χ2v) is 9.23. The predicted molar refractivity (Wildman–Crippen MR) is 131 cm³/mol. The first-order valence-corrected chi connectivity index (χ1v) is 11.4. The highest BCUT2D eigenvalue weighted by atomic mass is 79.9. The molecule has 32 heavy (non-hydrogen) atoms. The molecule has 0 atom stereocenters. The zero-order valence-electron chi connectivity index (χ0n) is 17.0. The molecule has 0 saturated heterocycles. The molecule has 0 unspecified atom stereocenters. The van der Waals surface area contributed by atoms with Crippen molar-refractivity contribution in [2.75, 3.05) is 5.32 Å². The molecule has 2 heterocycles. The molecule has 166 valence electrons. The van der Waals surface area contributed by atoms with Crippen LogP contribution in [0.5, 0.6) is 0 Å². The minimum absolute atomic E-state index is 0.110. The van der Waals surface area contributed by atoms with Gasteiger partial charge in [0.2, 0.25) is 0 Å². The third-order valence-corrected chi connectivity index (χ3v) is 5.52. The van der Waals surface area contributed by atoms with Crippen molar-refractivity contribution >= 4 is 68.2 Å². The van der Waals surface area contributed by atoms with Gasteiger partial charge in [0.15, 0.2) is 0 Å². The molecular weight excluding hydrogens is 539 g/mol. The fraction of sp³-hybridized carbons (Fsp3) is 0.182. The molecule has 1 aromatic carbocycles. The SMILES string of the molecule is CC(C)NC(=O)c1cc(Cl)cc(Cl)c1NC(=O)c1cc(Br)nc(Cc2ncccc2Cl)c1. The summed E-state index contributed by atoms with van der Waals surface area (Å²) in [6.45, 7) is 3.65. The van der Waals surface area contributed by atoms with E-state index in [4.69, 9.17) is 34.8 Å². The lowest BCUT2D eigenvalue weighted by Gasteiger charge is -2.15. The minimum atomic E-state index is -0.468. The smallest absolute Gasteiger partial charge is 0.255 e. The second kappa shape index (κ2) is 10.6. The summed E-state index contributed by atoms with van der Waals surface area (Å²) >= 11 is 21.9. The van der Waals surface area contributed by atoms with Gasteiger partial charge in [-0.1, -0.05) is 34.8 Å². The van der Waals surface area contributed by atoms with Crippen LogP contribution in [0.2, 0.25) is 15.1 Å². The van der Waals surface area contributed by atoms with Crippen molar-refractivity contribution in [3.8, 4) is 0 Å². The Hall–Kier alpha value is -2.19. The van der Waals surface area contributed by atoms with Crippen molar-refractivity contribution in [3.05, 3.63) is 84.8 Å². The Morgan fingerprint density at radius 3 is 2.50 bits per heavy atom. The summed E-state index contributed by atoms with van der Waals surface area (Å²) in [5.74, 6) is -0.870. The molecule has 0 spiro atoms. The molecule has 0 aliphatic carbocycles. The lowest BCUT2D eigenvalue weighted by atomic mass is 10.1. The number of carbonyl (C=O) groups excluding carboxylic acids is 2. The van der Waals surface area contributed by atoms with E-state index in [0.29, 0.717) is 33.0 Å². The van der Waals surface area contributed by atoms with Crippen molar-refractivity contribution < 1.29 is 9.59 Å². The number of anilines is 1. The van der Waals surface area contributed by atoms with Crippen LogP contribution in [0, 0.1) is 0 Å². The summed E-state index contributed by atoms with van der Waals surface area (Å²) in [6.07, 6.45) is 1.97. The van der Waals surface area contributed by atoms with E-state index in [-0.39, 0.29) is 27.3 Å². The molecule has 0 bridgehead atoms. The first-order valence-electron chi connectivity index (χ1n) is 9.51. The van der Waals surface area contributed by atoms with Gasteiger partial charge in [-0.05, 0) is 66.2 Å². The van der Waals surface area contributed by atoms with E-state index in [9.17, 15) is 9.59 Å². The van der Waals surface area contributed by atoms with Crippen LogP contribution < -0.4 is 10.6 Å². The summed E-state index contributed by atoms with van der Waals surface area (Å²) in [5, 5.41) is 6.43. The molecular formula is C22H18BrCl3N4O2. The van der Waals surface area contributed by atoms with E-state index in [1.165, 1.54) is 12.1 Å². The van der Waals surface area contributed by atoms with Crippen LogP contribution in [-0.2, 0) is 6.42 Å². The number of halogens is 4. The Kier molecular flexibility index (Phi) is 8.11. The number of aromatic nitrogens is 2. The van der Waals surface area contributed by atoms with Gasteiger partial charge in [-0.3, -0.25) is 14.6 Å². The average molecular weight is 557 g/mol. The predicted octanol–water partition coefficient (Wildman–Crippen LogP) is 6.18. The molecule has 2 N–H and O–H groups in total. The third-order valence-electron chi connectivity index (χ3n) is 4.25. The van der Waals surface area contributed by atoms with Crippen molar-refractivity contribution in [2.24, 2.45) is 0 Å². The van der Waals surface area contributed by atoms with Crippen LogP contribution in [-0.4, -0.2) is 27.8 Å². The second-order valence-electron chi connectivity index (χ2n) is 7.17. The van der Waals surface area contributed by atoms with Gasteiger partial charge in [0.05, 0.1) is 27.0 Å². The summed E-state index contributed by atoms with van der Waals surface area (Å²) in [7, 11) is 0. The molecule has 0 saturated carbocycles. The quantitative estimate of drug-likeness (QED) is 0.355. The molecule has 0 aliphatic heterocycles. The van der Waals surface area contributed by atoms with Crippen molar-refractivity contribution in [1.29, 1.82) is 0 Å². The van der Waals surface area contributed by atoms with Crippen molar-refractivity contribution in [1.82, 2.24) is 15.3 Å². The fourth-order valence-corrected chi connectivity index (χ4v) is 4.10. The maximum absolute atomic E-state index is 13.0. The van der Waals surface area contributed by atoms with Gasteiger partial charge in [0.1, 0.15) is 4.60 Å². The average Bonchev–Trinajstić information content (AvgIpc) is 2.70. The van der Waals surface area contributed by atoms with Gasteiger partial charge in [-0.2, -0.15) is 0 Å². The van der Waals surface area contributed by atoms with E-state index in [0.717, 1.165) is 0 Å². The van der Waals surface area contributed by atoms with E-state index in [2.05, 4.69) is 36.5 Å². The summed E-state index contributed by atoms with van der Waals surface area (Å²) in [5.41, 5.74) is 1.87. The number of amides is 2. The summed E-state index contributed by atoms with van der Waals surface area (Å²) < 4.78 is 0.465. The fourth-order valence-electron chi connectivity index (χ4n) is 2.90. The van der Waals surface area contributed by atoms with Gasteiger partial charge >= 0.3 is 0 Å². The van der Waals surface area contributed by atoms with Crippen molar-refractivity contribution in [2.45, 2.75) is 26.3 Å². The van der Waals surface area contributed by atoms with Crippen LogP contribution in [0.15, 0.2) is 47.2 Å². The standard InChI is InChI=1S/C22H18BrCl3N4O2/c1-11(2)28-22(32)15-8-13(24)9-17(26)20(15)30-21(31)12-6-14(29-19(23)7-12)10-18-16(25)4-3-5-27-18/h3-9,11H,10H2,1-2H3,(H,28,32)(H,30,31). The number of benzene rings is 1. The Morgan fingerprint density at radius 2 is 1.81 bits per heavy atom. The maximum Gasteiger partial charge on any atom is 0.255 e. The van der Waals surface area contributed by atoms with Gasteiger partial charge in [0, 0.05) is 34.9 Å². The number of hydrogen-bond acceptors (Lipinski definition) is 4. The first-order chi connectivity index (χ1) is 15.1. The van der Waals surface area contributed by atoms with Gasteiger partial charge in [0.25, 0.3) is 11.8 Å². The molecule has 0 radical (unpaired) electrons. The molecule has 3 rings (SSSR count). The van der Waals surface area contributed by atoms with Crippen LogP contribution in [0.1, 0.15) is 46.0 Å². The van der Waals surface area contributed by atoms with Crippen LogP contribution in [0.4, 0.5) is 5.69 Å². The minimum Gasteiger partial charge on any atom is -0.350 e. The third kappa shape index (κ3) is 6.19. The van der Waals surface area contributed by atoms with E-state index >= 15 is 0 Å². The number of nitrogens with zero attached hydrogens (tertiary/aromatic N) is 2. The number of nitrogens with one attached hydrogen (secondary N) is 2. The first kappa shape index (κ1) is 24.5. The number of carbonyl (C=O) groups is 2. The zero-order valence-corrected chi connectivity index (χ0v) is 20.9. The molecule has 10 heteroatoms. The Balaban J connectivity index is 1.92. The molecule has 2 aromatic heterocycles. The highest BCUT2D eigenvalue weighted by Crippen LogP contribution is 2.31. The van der Waals surface area contributed by atoms with Crippen LogP contribution >= 0.6 is 50.7 Å². The normalized spacial score (nSPS) is 10.8. The summed E-state index contributed by atoms with van der Waals surface area (Å²) in [4.78, 5) is 34.3. The summed E-state index contributed by atoms with van der Waals surface area (Å²) in [6, 6.07) is 9.48. The zero-order chi connectivity index (χ0) is 23.4. The van der Waals surface area contributed by atoms with E-state index < -0.39 is 11.8 Å². The monoisotopic (exact) mass is 554 g/mol. The largest absolute Gasteiger partial charge is 0.350 e. The lowest BCUT2D eigenvalue weighted by Crippen LogP contribution is -2.31.